The highest BCUT2D eigenvalue weighted by molar-refractivity contribution is 5.87. The Morgan fingerprint density at radius 1 is 1.19 bits per heavy atom. The second-order valence-corrected chi connectivity index (χ2v) is 5.32. The van der Waals surface area contributed by atoms with E-state index in [1.807, 2.05) is 0 Å². The zero-order valence-electron chi connectivity index (χ0n) is 13.8. The Morgan fingerprint density at radius 3 is 2.62 bits per heavy atom. The summed E-state index contributed by atoms with van der Waals surface area (Å²) in [5, 5.41) is 17.0. The van der Waals surface area contributed by atoms with Gasteiger partial charge in [0.05, 0.1) is 24.6 Å². The van der Waals surface area contributed by atoms with Gasteiger partial charge in [0, 0.05) is 5.56 Å². The molecule has 26 heavy (non-hydrogen) atoms. The zero-order valence-corrected chi connectivity index (χ0v) is 13.8. The summed E-state index contributed by atoms with van der Waals surface area (Å²) in [5.41, 5.74) is 1.95. The molecule has 132 valence electrons. The maximum atomic E-state index is 10.9. The first kappa shape index (κ1) is 17.2. The normalized spacial score (nSPS) is 10.3. The molecule has 3 rings (SSSR count). The third-order valence-electron chi connectivity index (χ3n) is 3.62. The van der Waals surface area contributed by atoms with Crippen molar-refractivity contribution in [2.45, 2.75) is 6.61 Å². The van der Waals surface area contributed by atoms with Gasteiger partial charge in [-0.1, -0.05) is 5.21 Å². The molecule has 1 aromatic heterocycles. The third kappa shape index (κ3) is 3.69. The van der Waals surface area contributed by atoms with Crippen LogP contribution >= 0.6 is 0 Å². The van der Waals surface area contributed by atoms with Crippen molar-refractivity contribution < 1.29 is 24.2 Å². The minimum Gasteiger partial charge on any atom is -0.493 e. The highest BCUT2D eigenvalue weighted by Crippen LogP contribution is 2.28. The summed E-state index contributed by atoms with van der Waals surface area (Å²) in [4.78, 5) is 21.7. The zero-order chi connectivity index (χ0) is 18.5. The van der Waals surface area contributed by atoms with Crippen LogP contribution < -0.4 is 9.47 Å². The monoisotopic (exact) mass is 353 g/mol. The molecule has 0 saturated carbocycles. The number of aromatic nitrogens is 3. The molecule has 0 fully saturated rings. The Labute approximate surface area is 148 Å². The van der Waals surface area contributed by atoms with Crippen molar-refractivity contribution in [2.75, 3.05) is 7.11 Å². The molecule has 0 aliphatic heterocycles. The van der Waals surface area contributed by atoms with Gasteiger partial charge in [-0.2, -0.15) is 0 Å². The Hall–Kier alpha value is -3.68. The predicted octanol–water partition coefficient (Wildman–Crippen LogP) is 2.37. The minimum absolute atomic E-state index is 0.157. The van der Waals surface area contributed by atoms with Crippen LogP contribution in [0.4, 0.5) is 0 Å². The highest BCUT2D eigenvalue weighted by atomic mass is 16.5. The van der Waals surface area contributed by atoms with Crippen LogP contribution in [-0.4, -0.2) is 39.5 Å². The van der Waals surface area contributed by atoms with E-state index in [-0.39, 0.29) is 12.2 Å². The third-order valence-corrected chi connectivity index (χ3v) is 3.62. The van der Waals surface area contributed by atoms with Crippen molar-refractivity contribution in [2.24, 2.45) is 0 Å². The molecule has 0 spiro atoms. The number of nitrogens with zero attached hydrogens (tertiary/aromatic N) is 3. The van der Waals surface area contributed by atoms with Crippen LogP contribution in [0.2, 0.25) is 0 Å². The molecule has 0 amide bonds. The number of hydrogen-bond acceptors (Lipinski definition) is 6. The van der Waals surface area contributed by atoms with E-state index in [4.69, 9.17) is 14.6 Å². The van der Waals surface area contributed by atoms with Gasteiger partial charge in [0.1, 0.15) is 18.6 Å². The van der Waals surface area contributed by atoms with Crippen molar-refractivity contribution in [3.8, 4) is 17.2 Å². The van der Waals surface area contributed by atoms with Crippen molar-refractivity contribution in [1.82, 2.24) is 15.0 Å². The number of benzene rings is 2. The van der Waals surface area contributed by atoms with Crippen LogP contribution in [0.3, 0.4) is 0 Å². The average molecular weight is 353 g/mol. The van der Waals surface area contributed by atoms with Crippen LogP contribution in [0, 0.1) is 0 Å². The smallest absolute Gasteiger partial charge is 0.335 e. The average Bonchev–Trinajstić information content (AvgIpc) is 3.15. The second-order valence-electron chi connectivity index (χ2n) is 5.32. The van der Waals surface area contributed by atoms with Crippen LogP contribution in [-0.2, 0) is 6.61 Å². The lowest BCUT2D eigenvalue weighted by Gasteiger charge is -2.09. The maximum Gasteiger partial charge on any atom is 0.335 e. The summed E-state index contributed by atoms with van der Waals surface area (Å²) < 4.78 is 12.4. The molecular formula is C18H15N3O5. The molecule has 0 bridgehead atoms. The quantitative estimate of drug-likeness (QED) is 0.650. The molecule has 0 atom stereocenters. The predicted molar refractivity (Wildman–Crippen MR) is 91.0 cm³/mol. The molecule has 0 unspecified atom stereocenters. The topological polar surface area (TPSA) is 104 Å². The lowest BCUT2D eigenvalue weighted by molar-refractivity contribution is 0.0696. The van der Waals surface area contributed by atoms with Crippen LogP contribution in [0.15, 0.2) is 48.7 Å². The van der Waals surface area contributed by atoms with Crippen molar-refractivity contribution in [1.29, 1.82) is 0 Å². The number of carbonyl (C=O) groups is 2. The summed E-state index contributed by atoms with van der Waals surface area (Å²) in [6.07, 6.45) is 2.41. The fraction of sp³-hybridized carbons (Fsp3) is 0.111. The number of carboxylic acid groups (broad SMARTS) is 1. The van der Waals surface area contributed by atoms with Gasteiger partial charge in [-0.25, -0.2) is 9.48 Å². The number of rotatable bonds is 7. The molecule has 0 radical (unpaired) electrons. The van der Waals surface area contributed by atoms with E-state index in [0.29, 0.717) is 28.4 Å². The number of hydrogen-bond donors (Lipinski definition) is 1. The van der Waals surface area contributed by atoms with Crippen molar-refractivity contribution in [3.63, 3.8) is 0 Å². The number of carbonyl (C=O) groups excluding carboxylic acids is 1. The summed E-state index contributed by atoms with van der Waals surface area (Å²) in [7, 11) is 1.49. The molecule has 0 saturated heterocycles. The van der Waals surface area contributed by atoms with Gasteiger partial charge in [-0.15, -0.1) is 5.10 Å². The number of methoxy groups -OCH3 is 1. The molecular weight excluding hydrogens is 338 g/mol. The van der Waals surface area contributed by atoms with Gasteiger partial charge >= 0.3 is 5.97 Å². The first-order valence-corrected chi connectivity index (χ1v) is 7.61. The van der Waals surface area contributed by atoms with Gasteiger partial charge in [-0.3, -0.25) is 4.79 Å². The summed E-state index contributed by atoms with van der Waals surface area (Å²) >= 11 is 0. The number of aldehydes is 1. The lowest BCUT2D eigenvalue weighted by Crippen LogP contribution is -1.99. The SMILES string of the molecule is COc1cc(C=O)ccc1OCc1cn(-c2ccc(C(=O)O)cc2)nn1. The van der Waals surface area contributed by atoms with E-state index in [9.17, 15) is 9.59 Å². The van der Waals surface area contributed by atoms with E-state index in [1.165, 1.54) is 23.9 Å². The molecule has 3 aromatic rings. The molecule has 1 heterocycles. The van der Waals surface area contributed by atoms with Crippen molar-refractivity contribution in [3.05, 3.63) is 65.5 Å². The highest BCUT2D eigenvalue weighted by Gasteiger charge is 2.09. The molecule has 2 aromatic carbocycles. The fourth-order valence-corrected chi connectivity index (χ4v) is 2.28. The Morgan fingerprint density at radius 2 is 1.96 bits per heavy atom. The van der Waals surface area contributed by atoms with E-state index in [1.54, 1.807) is 36.5 Å². The van der Waals surface area contributed by atoms with E-state index < -0.39 is 5.97 Å². The Balaban J connectivity index is 1.71. The number of aromatic carboxylic acids is 1. The summed E-state index contributed by atoms with van der Waals surface area (Å²) in [6.45, 7) is 0.157. The first-order valence-electron chi connectivity index (χ1n) is 7.61. The van der Waals surface area contributed by atoms with E-state index >= 15 is 0 Å². The summed E-state index contributed by atoms with van der Waals surface area (Å²) in [5.74, 6) is -0.0523. The van der Waals surface area contributed by atoms with E-state index in [2.05, 4.69) is 10.3 Å². The molecule has 0 aliphatic rings. The molecule has 8 nitrogen and oxygen atoms in total. The fourth-order valence-electron chi connectivity index (χ4n) is 2.28. The maximum absolute atomic E-state index is 10.9. The van der Waals surface area contributed by atoms with Gasteiger partial charge < -0.3 is 14.6 Å². The molecule has 8 heteroatoms. The minimum atomic E-state index is -0.987. The van der Waals surface area contributed by atoms with Crippen LogP contribution in [0.1, 0.15) is 26.4 Å². The van der Waals surface area contributed by atoms with E-state index in [0.717, 1.165) is 6.29 Å². The number of carboxylic acids is 1. The first-order chi connectivity index (χ1) is 12.6. The van der Waals surface area contributed by atoms with Gasteiger partial charge in [-0.05, 0) is 42.5 Å². The van der Waals surface area contributed by atoms with Gasteiger partial charge in [0.2, 0.25) is 0 Å². The lowest BCUT2D eigenvalue weighted by atomic mass is 10.2. The van der Waals surface area contributed by atoms with Gasteiger partial charge in [0.25, 0.3) is 0 Å². The Kier molecular flexibility index (Phi) is 4.93. The largest absolute Gasteiger partial charge is 0.493 e. The van der Waals surface area contributed by atoms with Crippen LogP contribution in [0.5, 0.6) is 11.5 Å². The number of ether oxygens (including phenoxy) is 2. The standard InChI is InChI=1S/C18H15N3O5/c1-25-17-8-12(10-22)2-7-16(17)26-11-14-9-21(20-19-14)15-5-3-13(4-6-15)18(23)24/h2-10H,11H2,1H3,(H,23,24). The van der Waals surface area contributed by atoms with Crippen LogP contribution in [0.25, 0.3) is 5.69 Å². The Bertz CT molecular complexity index is 934. The van der Waals surface area contributed by atoms with Crippen molar-refractivity contribution >= 4 is 12.3 Å². The molecule has 0 aliphatic carbocycles. The second kappa shape index (κ2) is 7.47. The molecule has 1 N–H and O–H groups in total. The van der Waals surface area contributed by atoms with Gasteiger partial charge in [0.15, 0.2) is 11.5 Å². The summed E-state index contributed by atoms with van der Waals surface area (Å²) in [6, 6.07) is 11.1.